The molecule has 0 saturated heterocycles. The van der Waals surface area contributed by atoms with Crippen molar-refractivity contribution in [2.45, 2.75) is 6.42 Å². The van der Waals surface area contributed by atoms with Gasteiger partial charge in [0.2, 0.25) is 11.7 Å². The van der Waals surface area contributed by atoms with Crippen LogP contribution in [0.25, 0.3) is 22.8 Å². The minimum absolute atomic E-state index is 0.131. The summed E-state index contributed by atoms with van der Waals surface area (Å²) in [5, 5.41) is 6.98. The summed E-state index contributed by atoms with van der Waals surface area (Å²) >= 11 is 0. The van der Waals surface area contributed by atoms with Crippen LogP contribution in [0.5, 0.6) is 17.2 Å². The summed E-state index contributed by atoms with van der Waals surface area (Å²) in [4.78, 5) is 17.0. The molecule has 0 aliphatic heterocycles. The fourth-order valence-corrected chi connectivity index (χ4v) is 3.30. The molecule has 8 nitrogen and oxygen atoms in total. The van der Waals surface area contributed by atoms with Gasteiger partial charge in [-0.25, -0.2) is 0 Å². The van der Waals surface area contributed by atoms with Crippen LogP contribution in [0.1, 0.15) is 5.56 Å². The molecule has 1 aromatic heterocycles. The number of methoxy groups -OCH3 is 3. The molecule has 8 heteroatoms. The SMILES string of the molecule is COc1ccc(CC(=O)Nc2cccc(-c3nc(-c4ccc(OC)c(OC)c4)no3)c2)cc1. The zero-order chi connectivity index (χ0) is 23.2. The number of hydrogen-bond donors (Lipinski definition) is 1. The second-order valence-corrected chi connectivity index (χ2v) is 7.15. The standard InChI is InChI=1S/C25H23N3O5/c1-30-20-10-7-16(8-11-20)13-23(29)26-19-6-4-5-18(14-19)25-27-24(28-33-25)17-9-12-21(31-2)22(15-17)32-3/h4-12,14-15H,13H2,1-3H3,(H,26,29). The molecule has 1 N–H and O–H groups in total. The lowest BCUT2D eigenvalue weighted by Gasteiger charge is -2.07. The normalized spacial score (nSPS) is 10.5. The van der Waals surface area contributed by atoms with Gasteiger partial charge in [-0.3, -0.25) is 4.79 Å². The second-order valence-electron chi connectivity index (χ2n) is 7.15. The highest BCUT2D eigenvalue weighted by molar-refractivity contribution is 5.92. The lowest BCUT2D eigenvalue weighted by Crippen LogP contribution is -2.14. The molecule has 0 aliphatic rings. The van der Waals surface area contributed by atoms with Gasteiger partial charge in [0.25, 0.3) is 5.89 Å². The first kappa shape index (κ1) is 21.9. The molecular formula is C25H23N3O5. The summed E-state index contributed by atoms with van der Waals surface area (Å²) in [7, 11) is 4.75. The zero-order valence-electron chi connectivity index (χ0n) is 18.5. The maximum absolute atomic E-state index is 12.5. The fraction of sp³-hybridized carbons (Fsp3) is 0.160. The molecule has 1 amide bonds. The maximum Gasteiger partial charge on any atom is 0.258 e. The average Bonchev–Trinajstić information content (AvgIpc) is 3.34. The highest BCUT2D eigenvalue weighted by Crippen LogP contribution is 2.32. The molecule has 0 bridgehead atoms. The molecule has 4 rings (SSSR count). The van der Waals surface area contributed by atoms with E-state index in [4.69, 9.17) is 18.7 Å². The number of carbonyl (C=O) groups excluding carboxylic acids is 1. The number of aromatic nitrogens is 2. The van der Waals surface area contributed by atoms with Gasteiger partial charge in [-0.1, -0.05) is 23.4 Å². The molecule has 0 saturated carbocycles. The van der Waals surface area contributed by atoms with E-state index < -0.39 is 0 Å². The Kier molecular flexibility index (Phi) is 6.54. The van der Waals surface area contributed by atoms with E-state index in [9.17, 15) is 4.79 Å². The summed E-state index contributed by atoms with van der Waals surface area (Å²) in [5.74, 6) is 2.56. The van der Waals surface area contributed by atoms with E-state index in [1.54, 1.807) is 45.6 Å². The zero-order valence-corrected chi connectivity index (χ0v) is 18.5. The van der Waals surface area contributed by atoms with E-state index >= 15 is 0 Å². The van der Waals surface area contributed by atoms with Gasteiger partial charge in [-0.05, 0) is 54.1 Å². The third kappa shape index (κ3) is 5.12. The molecular weight excluding hydrogens is 422 g/mol. The summed E-state index contributed by atoms with van der Waals surface area (Å²) in [5.41, 5.74) is 2.95. The molecule has 0 fully saturated rings. The predicted molar refractivity (Wildman–Crippen MR) is 124 cm³/mol. The number of ether oxygens (including phenoxy) is 3. The van der Waals surface area contributed by atoms with Crippen molar-refractivity contribution in [3.8, 4) is 40.1 Å². The molecule has 33 heavy (non-hydrogen) atoms. The van der Waals surface area contributed by atoms with Crippen LogP contribution < -0.4 is 19.5 Å². The molecule has 1 heterocycles. The Morgan fingerprint density at radius 3 is 2.39 bits per heavy atom. The van der Waals surface area contributed by atoms with E-state index in [1.165, 1.54) is 0 Å². The lowest BCUT2D eigenvalue weighted by molar-refractivity contribution is -0.115. The molecule has 0 unspecified atom stereocenters. The Morgan fingerprint density at radius 2 is 1.67 bits per heavy atom. The number of nitrogens with zero attached hydrogens (tertiary/aromatic N) is 2. The van der Waals surface area contributed by atoms with Crippen molar-refractivity contribution < 1.29 is 23.5 Å². The molecule has 3 aromatic carbocycles. The van der Waals surface area contributed by atoms with Gasteiger partial charge in [0.1, 0.15) is 5.75 Å². The molecule has 168 valence electrons. The number of hydrogen-bond acceptors (Lipinski definition) is 7. The van der Waals surface area contributed by atoms with Crippen LogP contribution in [0, 0.1) is 0 Å². The molecule has 4 aromatic rings. The van der Waals surface area contributed by atoms with E-state index in [1.807, 2.05) is 42.5 Å². The first-order chi connectivity index (χ1) is 16.1. The van der Waals surface area contributed by atoms with Crippen LogP contribution in [-0.4, -0.2) is 37.4 Å². The quantitative estimate of drug-likeness (QED) is 0.423. The van der Waals surface area contributed by atoms with Crippen molar-refractivity contribution in [2.75, 3.05) is 26.6 Å². The van der Waals surface area contributed by atoms with Crippen LogP contribution in [0.4, 0.5) is 5.69 Å². The monoisotopic (exact) mass is 445 g/mol. The molecule has 0 radical (unpaired) electrons. The van der Waals surface area contributed by atoms with Crippen molar-refractivity contribution in [2.24, 2.45) is 0 Å². The number of benzene rings is 3. The number of amides is 1. The van der Waals surface area contributed by atoms with Gasteiger partial charge < -0.3 is 24.1 Å². The van der Waals surface area contributed by atoms with Gasteiger partial charge in [0, 0.05) is 16.8 Å². The first-order valence-electron chi connectivity index (χ1n) is 10.2. The van der Waals surface area contributed by atoms with E-state index in [-0.39, 0.29) is 12.3 Å². The number of anilines is 1. The summed E-state index contributed by atoms with van der Waals surface area (Å²) < 4.78 is 21.2. The van der Waals surface area contributed by atoms with E-state index in [0.717, 1.165) is 16.9 Å². The largest absolute Gasteiger partial charge is 0.497 e. The number of carbonyl (C=O) groups is 1. The number of nitrogens with one attached hydrogen (secondary N) is 1. The summed E-state index contributed by atoms with van der Waals surface area (Å²) in [6, 6.07) is 20.0. The Labute approximate surface area is 191 Å². The Bertz CT molecular complexity index is 1250. The molecule has 0 aliphatic carbocycles. The highest BCUT2D eigenvalue weighted by atomic mass is 16.5. The predicted octanol–water partition coefficient (Wildman–Crippen LogP) is 4.61. The van der Waals surface area contributed by atoms with Crippen molar-refractivity contribution in [1.29, 1.82) is 0 Å². The molecule has 0 atom stereocenters. The van der Waals surface area contributed by atoms with E-state index in [0.29, 0.717) is 34.5 Å². The minimum atomic E-state index is -0.131. The van der Waals surface area contributed by atoms with Crippen molar-refractivity contribution in [3.05, 3.63) is 72.3 Å². The topological polar surface area (TPSA) is 95.7 Å². The third-order valence-corrected chi connectivity index (χ3v) is 4.98. The average molecular weight is 445 g/mol. The van der Waals surface area contributed by atoms with E-state index in [2.05, 4.69) is 15.5 Å². The van der Waals surface area contributed by atoms with Gasteiger partial charge >= 0.3 is 0 Å². The Morgan fingerprint density at radius 1 is 0.879 bits per heavy atom. The van der Waals surface area contributed by atoms with Gasteiger partial charge in [-0.2, -0.15) is 4.98 Å². The van der Waals surface area contributed by atoms with Gasteiger partial charge in [-0.15, -0.1) is 0 Å². The van der Waals surface area contributed by atoms with Gasteiger partial charge in [0.05, 0.1) is 27.8 Å². The van der Waals surface area contributed by atoms with Crippen LogP contribution in [0.2, 0.25) is 0 Å². The van der Waals surface area contributed by atoms with Crippen molar-refractivity contribution in [3.63, 3.8) is 0 Å². The van der Waals surface area contributed by atoms with Crippen LogP contribution in [0.3, 0.4) is 0 Å². The van der Waals surface area contributed by atoms with Gasteiger partial charge in [0.15, 0.2) is 11.5 Å². The summed E-state index contributed by atoms with van der Waals surface area (Å²) in [6.07, 6.45) is 0.248. The fourth-order valence-electron chi connectivity index (χ4n) is 3.30. The first-order valence-corrected chi connectivity index (χ1v) is 10.2. The highest BCUT2D eigenvalue weighted by Gasteiger charge is 2.14. The van der Waals surface area contributed by atoms with Crippen LogP contribution in [0.15, 0.2) is 71.3 Å². The third-order valence-electron chi connectivity index (χ3n) is 4.98. The molecule has 0 spiro atoms. The lowest BCUT2D eigenvalue weighted by atomic mass is 10.1. The minimum Gasteiger partial charge on any atom is -0.497 e. The Hall–Kier alpha value is -4.33. The van der Waals surface area contributed by atoms with Crippen molar-refractivity contribution >= 4 is 11.6 Å². The van der Waals surface area contributed by atoms with Crippen LogP contribution >= 0.6 is 0 Å². The smallest absolute Gasteiger partial charge is 0.258 e. The Balaban J connectivity index is 1.48. The number of rotatable bonds is 8. The van der Waals surface area contributed by atoms with Crippen LogP contribution in [-0.2, 0) is 11.2 Å². The van der Waals surface area contributed by atoms with Crippen molar-refractivity contribution in [1.82, 2.24) is 10.1 Å². The summed E-state index contributed by atoms with van der Waals surface area (Å²) in [6.45, 7) is 0. The maximum atomic E-state index is 12.5. The second kappa shape index (κ2) is 9.86.